The van der Waals surface area contributed by atoms with Crippen LogP contribution in [0.2, 0.25) is 0 Å². The fourth-order valence-electron chi connectivity index (χ4n) is 2.75. The van der Waals surface area contributed by atoms with Crippen LogP contribution in [0.15, 0.2) is 42.5 Å². The molecule has 0 bridgehead atoms. The van der Waals surface area contributed by atoms with Crippen LogP contribution in [0.4, 0.5) is 4.39 Å². The van der Waals surface area contributed by atoms with E-state index in [9.17, 15) is 14.0 Å². The van der Waals surface area contributed by atoms with E-state index in [-0.39, 0.29) is 10.7 Å². The Bertz CT molecular complexity index is 1030. The van der Waals surface area contributed by atoms with E-state index in [4.69, 9.17) is 14.2 Å². The Morgan fingerprint density at radius 2 is 1.89 bits per heavy atom. The van der Waals surface area contributed by atoms with Crippen LogP contribution < -0.4 is 9.47 Å². The number of Topliss-reactive ketones (excluding diaryl/α,β-unsaturated/α-hetero) is 1. The molecule has 1 aromatic heterocycles. The van der Waals surface area contributed by atoms with Crippen molar-refractivity contribution >= 4 is 33.2 Å². The van der Waals surface area contributed by atoms with Gasteiger partial charge in [-0.3, -0.25) is 4.79 Å². The summed E-state index contributed by atoms with van der Waals surface area (Å²) in [5, 5.41) is 0.365. The van der Waals surface area contributed by atoms with Gasteiger partial charge >= 0.3 is 5.97 Å². The predicted molar refractivity (Wildman–Crippen MR) is 98.4 cm³/mol. The third kappa shape index (κ3) is 3.64. The van der Waals surface area contributed by atoms with Crippen molar-refractivity contribution in [1.29, 1.82) is 0 Å². The number of thiophene rings is 1. The van der Waals surface area contributed by atoms with E-state index in [1.54, 1.807) is 30.3 Å². The number of hydrogen-bond acceptors (Lipinski definition) is 6. The summed E-state index contributed by atoms with van der Waals surface area (Å²) in [5.41, 5.74) is 0.370. The van der Waals surface area contributed by atoms with E-state index in [0.29, 0.717) is 40.4 Å². The quantitative estimate of drug-likeness (QED) is 0.496. The Labute approximate surface area is 158 Å². The van der Waals surface area contributed by atoms with E-state index in [0.717, 1.165) is 17.8 Å². The van der Waals surface area contributed by atoms with Crippen LogP contribution in [0.1, 0.15) is 26.5 Å². The van der Waals surface area contributed by atoms with Gasteiger partial charge in [-0.15, -0.1) is 11.3 Å². The molecule has 0 N–H and O–H groups in total. The highest BCUT2D eigenvalue weighted by Crippen LogP contribution is 2.31. The van der Waals surface area contributed by atoms with Crippen molar-refractivity contribution in [3.63, 3.8) is 0 Å². The monoisotopic (exact) mass is 386 g/mol. The molecule has 7 heteroatoms. The number of halogens is 1. The summed E-state index contributed by atoms with van der Waals surface area (Å²) in [5.74, 6) is -0.311. The lowest BCUT2D eigenvalue weighted by Gasteiger charge is -2.09. The van der Waals surface area contributed by atoms with Gasteiger partial charge in [-0.25, -0.2) is 9.18 Å². The SMILES string of the molecule is O=C(COC(=O)c1cc2c(F)cccc2s1)c1ccc2c(c1)OCCCO2. The largest absolute Gasteiger partial charge is 0.490 e. The highest BCUT2D eigenvalue weighted by atomic mass is 32.1. The number of fused-ring (bicyclic) bond motifs is 2. The molecule has 27 heavy (non-hydrogen) atoms. The smallest absolute Gasteiger partial charge is 0.348 e. The summed E-state index contributed by atoms with van der Waals surface area (Å²) in [7, 11) is 0. The average Bonchev–Trinajstić information content (AvgIpc) is 2.98. The van der Waals surface area contributed by atoms with Crippen molar-refractivity contribution in [2.24, 2.45) is 0 Å². The molecule has 0 saturated carbocycles. The fourth-order valence-corrected chi connectivity index (χ4v) is 3.72. The molecule has 0 atom stereocenters. The summed E-state index contributed by atoms with van der Waals surface area (Å²) < 4.78 is 30.6. The molecule has 0 radical (unpaired) electrons. The van der Waals surface area contributed by atoms with Gasteiger partial charge in [0.2, 0.25) is 0 Å². The summed E-state index contributed by atoms with van der Waals surface area (Å²) >= 11 is 1.13. The molecule has 3 aromatic rings. The molecule has 4 rings (SSSR count). The minimum absolute atomic E-state index is 0.251. The van der Waals surface area contributed by atoms with E-state index in [1.165, 1.54) is 12.1 Å². The lowest BCUT2D eigenvalue weighted by atomic mass is 10.1. The number of hydrogen-bond donors (Lipinski definition) is 0. The maximum absolute atomic E-state index is 13.7. The van der Waals surface area contributed by atoms with Crippen LogP contribution in [0, 0.1) is 5.82 Å². The topological polar surface area (TPSA) is 61.8 Å². The van der Waals surface area contributed by atoms with E-state index >= 15 is 0 Å². The summed E-state index contributed by atoms with van der Waals surface area (Å²) in [6.07, 6.45) is 0.769. The molecule has 2 heterocycles. The number of ketones is 1. The van der Waals surface area contributed by atoms with Crippen molar-refractivity contribution in [2.45, 2.75) is 6.42 Å². The van der Waals surface area contributed by atoms with Crippen molar-refractivity contribution in [1.82, 2.24) is 0 Å². The van der Waals surface area contributed by atoms with E-state index in [2.05, 4.69) is 0 Å². The maximum Gasteiger partial charge on any atom is 0.348 e. The Morgan fingerprint density at radius 1 is 1.07 bits per heavy atom. The zero-order valence-electron chi connectivity index (χ0n) is 14.2. The highest BCUT2D eigenvalue weighted by Gasteiger charge is 2.18. The molecular formula is C20H15FO5S. The fraction of sp³-hybridized carbons (Fsp3) is 0.200. The van der Waals surface area contributed by atoms with Crippen LogP contribution in [0.25, 0.3) is 10.1 Å². The second-order valence-corrected chi connectivity index (χ2v) is 7.06. The zero-order chi connectivity index (χ0) is 18.8. The van der Waals surface area contributed by atoms with Crippen LogP contribution in [-0.2, 0) is 4.74 Å². The molecule has 0 amide bonds. The first-order valence-corrected chi connectivity index (χ1v) is 9.21. The van der Waals surface area contributed by atoms with Gasteiger partial charge in [-0.1, -0.05) is 6.07 Å². The van der Waals surface area contributed by atoms with Gasteiger partial charge in [0.15, 0.2) is 23.9 Å². The third-order valence-corrected chi connectivity index (χ3v) is 5.19. The van der Waals surface area contributed by atoms with Crippen molar-refractivity contribution in [3.8, 4) is 11.5 Å². The first kappa shape index (κ1) is 17.5. The van der Waals surface area contributed by atoms with Crippen molar-refractivity contribution < 1.29 is 28.2 Å². The predicted octanol–water partition coefficient (Wildman–Crippen LogP) is 4.24. The molecular weight excluding hydrogens is 371 g/mol. The molecule has 0 unspecified atom stereocenters. The molecule has 138 valence electrons. The normalized spacial score (nSPS) is 13.2. The highest BCUT2D eigenvalue weighted by molar-refractivity contribution is 7.20. The van der Waals surface area contributed by atoms with Gasteiger partial charge in [0.1, 0.15) is 10.7 Å². The Hall–Kier alpha value is -2.93. The van der Waals surface area contributed by atoms with Gasteiger partial charge in [-0.2, -0.15) is 0 Å². The second kappa shape index (κ2) is 7.36. The minimum atomic E-state index is -0.654. The number of ether oxygens (including phenoxy) is 3. The Morgan fingerprint density at radius 3 is 2.70 bits per heavy atom. The van der Waals surface area contributed by atoms with Gasteiger partial charge in [0.05, 0.1) is 13.2 Å². The number of benzene rings is 2. The second-order valence-electron chi connectivity index (χ2n) is 5.97. The molecule has 0 saturated heterocycles. The number of esters is 1. The van der Waals surface area contributed by atoms with Crippen LogP contribution in [-0.4, -0.2) is 31.6 Å². The standard InChI is InChI=1S/C20H15FO5S/c21-14-3-1-4-18-13(14)10-19(27-18)20(23)26-11-15(22)12-5-6-16-17(9-12)25-8-2-7-24-16/h1,3-6,9-10H,2,7-8,11H2. The molecule has 1 aliphatic rings. The number of rotatable bonds is 4. The first-order valence-electron chi connectivity index (χ1n) is 8.40. The Balaban J connectivity index is 1.44. The van der Waals surface area contributed by atoms with Crippen molar-refractivity contribution in [3.05, 3.63) is 58.7 Å². The number of carbonyl (C=O) groups excluding carboxylic acids is 2. The van der Waals surface area contributed by atoms with Crippen LogP contribution in [0.3, 0.4) is 0 Å². The summed E-state index contributed by atoms with van der Waals surface area (Å²) in [6, 6.07) is 10.9. The van der Waals surface area contributed by atoms with Gasteiger partial charge in [-0.05, 0) is 36.4 Å². The van der Waals surface area contributed by atoms with E-state index in [1.807, 2.05) is 0 Å². The molecule has 0 spiro atoms. The molecule has 5 nitrogen and oxygen atoms in total. The maximum atomic E-state index is 13.7. The average molecular weight is 386 g/mol. The molecule has 0 fully saturated rings. The van der Waals surface area contributed by atoms with Crippen LogP contribution in [0.5, 0.6) is 11.5 Å². The first-order chi connectivity index (χ1) is 13.1. The van der Waals surface area contributed by atoms with Gasteiger partial charge in [0, 0.05) is 22.1 Å². The van der Waals surface area contributed by atoms with Gasteiger partial charge < -0.3 is 14.2 Å². The molecule has 1 aliphatic heterocycles. The minimum Gasteiger partial charge on any atom is -0.490 e. The summed E-state index contributed by atoms with van der Waals surface area (Å²) in [4.78, 5) is 24.8. The van der Waals surface area contributed by atoms with E-state index < -0.39 is 18.4 Å². The van der Waals surface area contributed by atoms with Gasteiger partial charge in [0.25, 0.3) is 0 Å². The number of carbonyl (C=O) groups is 2. The molecule has 2 aromatic carbocycles. The lowest BCUT2D eigenvalue weighted by molar-refractivity contribution is 0.0479. The zero-order valence-corrected chi connectivity index (χ0v) is 15.0. The third-order valence-electron chi connectivity index (χ3n) is 4.11. The summed E-state index contributed by atoms with van der Waals surface area (Å²) in [6.45, 7) is 0.672. The van der Waals surface area contributed by atoms with Crippen LogP contribution >= 0.6 is 11.3 Å². The van der Waals surface area contributed by atoms with Crippen molar-refractivity contribution in [2.75, 3.05) is 19.8 Å². The lowest BCUT2D eigenvalue weighted by Crippen LogP contribution is -2.13. The molecule has 0 aliphatic carbocycles. The Kier molecular flexibility index (Phi) is 4.77.